The van der Waals surface area contributed by atoms with E-state index in [1.807, 2.05) is 0 Å². The Kier molecular flexibility index (Phi) is 2.15. The molecule has 1 aromatic carbocycles. The van der Waals surface area contributed by atoms with Crippen LogP contribution in [-0.2, 0) is 7.05 Å². The van der Waals surface area contributed by atoms with E-state index < -0.39 is 43.6 Å². The first-order valence-electron chi connectivity index (χ1n) is 14.0. The summed E-state index contributed by atoms with van der Waals surface area (Å²) in [5.74, 6) is -3.44. The molecular weight excluding hydrogens is 346 g/mol. The molecule has 3 heterocycles. The minimum Gasteiger partial charge on any atom is -0.437 e. The van der Waals surface area contributed by atoms with Crippen LogP contribution in [0.3, 0.4) is 0 Å². The van der Waals surface area contributed by atoms with Gasteiger partial charge in [-0.2, -0.15) is 9.83 Å². The second-order valence-corrected chi connectivity index (χ2v) is 6.63. The lowest BCUT2D eigenvalue weighted by atomic mass is 9.93. The first-order chi connectivity index (χ1) is 17.8. The van der Waals surface area contributed by atoms with Crippen LogP contribution in [0.15, 0.2) is 34.9 Å². The summed E-state index contributed by atoms with van der Waals surface area (Å²) >= 11 is 0. The van der Waals surface area contributed by atoms with E-state index in [1.165, 1.54) is 30.8 Å². The van der Waals surface area contributed by atoms with Gasteiger partial charge in [0.25, 0.3) is 0 Å². The fourth-order valence-corrected chi connectivity index (χ4v) is 3.45. The monoisotopic (exact) mass is 381 g/mol. The van der Waals surface area contributed by atoms with Gasteiger partial charge in [-0.05, 0) is 36.9 Å². The van der Waals surface area contributed by atoms with Crippen molar-refractivity contribution in [2.45, 2.75) is 40.3 Å². The van der Waals surface area contributed by atoms with E-state index in [9.17, 15) is 5.26 Å². The quantitative estimate of drug-likeness (QED) is 0.437. The van der Waals surface area contributed by atoms with Crippen LogP contribution in [0.25, 0.3) is 33.3 Å². The minimum absolute atomic E-state index is 0.0375. The Labute approximate surface area is 180 Å². The van der Waals surface area contributed by atoms with Gasteiger partial charge in [-0.15, -0.1) is 0 Å². The zero-order valence-electron chi connectivity index (χ0n) is 26.6. The lowest BCUT2D eigenvalue weighted by Gasteiger charge is -2.14. The molecule has 0 atom stereocenters. The number of furan rings is 1. The molecule has 0 aliphatic heterocycles. The standard InChI is InChI=1S/C24H24N3O/c1-13(2)19-11-20(27(6)16(5)15(19)4)21-14(3)7-8-18-22-17(12-25)9-10-26-24(22)28-23(18)21/h7-11,13H,1-6H3/q+1/i1D3,2D3,4D3,11D,13D. The molecule has 0 aliphatic rings. The Bertz CT molecular complexity index is 1680. The third kappa shape index (κ3) is 2.51. The van der Waals surface area contributed by atoms with E-state index in [0.717, 1.165) is 0 Å². The zero-order chi connectivity index (χ0) is 29.5. The number of rotatable bonds is 2. The van der Waals surface area contributed by atoms with E-state index in [4.69, 9.17) is 19.5 Å². The number of benzene rings is 1. The molecule has 0 unspecified atom stereocenters. The Morgan fingerprint density at radius 3 is 2.86 bits per heavy atom. The first kappa shape index (κ1) is 9.34. The zero-order valence-corrected chi connectivity index (χ0v) is 15.6. The number of nitrogens with zero attached hydrogens (tertiary/aromatic N) is 3. The van der Waals surface area contributed by atoms with Crippen LogP contribution in [0, 0.1) is 32.0 Å². The number of aromatic nitrogens is 2. The molecule has 0 amide bonds. The van der Waals surface area contributed by atoms with Gasteiger partial charge in [-0.3, -0.25) is 0 Å². The molecule has 0 saturated heterocycles. The highest BCUT2D eigenvalue weighted by Gasteiger charge is 2.25. The fraction of sp³-hybridized carbons (Fsp3) is 0.292. The molecule has 4 rings (SSSR count). The molecule has 4 aromatic rings. The molecule has 0 aliphatic carbocycles. The third-order valence-electron chi connectivity index (χ3n) is 5.05. The number of pyridine rings is 2. The van der Waals surface area contributed by atoms with Crippen molar-refractivity contribution in [3.8, 4) is 17.3 Å². The first-order valence-corrected chi connectivity index (χ1v) is 8.54. The Morgan fingerprint density at radius 2 is 2.14 bits per heavy atom. The summed E-state index contributed by atoms with van der Waals surface area (Å²) < 4.78 is 97.9. The molecular formula is C24H24N3O+. The van der Waals surface area contributed by atoms with Crippen LogP contribution in [-0.4, -0.2) is 4.98 Å². The Hall–Kier alpha value is -3.19. The topological polar surface area (TPSA) is 53.7 Å². The van der Waals surface area contributed by atoms with Crippen LogP contribution >= 0.6 is 0 Å². The molecule has 3 aromatic heterocycles. The summed E-state index contributed by atoms with van der Waals surface area (Å²) in [7, 11) is 1.47. The van der Waals surface area contributed by atoms with Gasteiger partial charge < -0.3 is 4.42 Å². The molecule has 0 fully saturated rings. The molecule has 0 radical (unpaired) electrons. The summed E-state index contributed by atoms with van der Waals surface area (Å²) in [6.07, 6.45) is 1.40. The van der Waals surface area contributed by atoms with Gasteiger partial charge in [0.1, 0.15) is 13.1 Å². The highest BCUT2D eigenvalue weighted by molar-refractivity contribution is 6.10. The summed E-state index contributed by atoms with van der Waals surface area (Å²) in [6, 6.07) is 6.26. The van der Waals surface area contributed by atoms with Crippen molar-refractivity contribution in [1.29, 1.82) is 5.26 Å². The van der Waals surface area contributed by atoms with Gasteiger partial charge in [-0.25, -0.2) is 4.98 Å². The molecule has 0 N–H and O–H groups in total. The van der Waals surface area contributed by atoms with Gasteiger partial charge in [0, 0.05) is 43.8 Å². The van der Waals surface area contributed by atoms with Gasteiger partial charge >= 0.3 is 0 Å². The van der Waals surface area contributed by atoms with Gasteiger partial charge in [0.05, 0.1) is 17.9 Å². The maximum absolute atomic E-state index is 9.63. The molecule has 0 bridgehead atoms. The van der Waals surface area contributed by atoms with Crippen LogP contribution < -0.4 is 4.57 Å². The Morgan fingerprint density at radius 1 is 1.32 bits per heavy atom. The summed E-state index contributed by atoms with van der Waals surface area (Å²) in [6.45, 7) is -7.03. The molecule has 4 heteroatoms. The highest BCUT2D eigenvalue weighted by atomic mass is 16.3. The van der Waals surface area contributed by atoms with Crippen LogP contribution in [0.1, 0.15) is 62.6 Å². The van der Waals surface area contributed by atoms with Crippen molar-refractivity contribution in [2.75, 3.05) is 0 Å². The highest BCUT2D eigenvalue weighted by Crippen LogP contribution is 2.38. The van der Waals surface area contributed by atoms with Crippen molar-refractivity contribution >= 4 is 22.1 Å². The smallest absolute Gasteiger partial charge is 0.228 e. The normalized spacial score (nSPS) is 19.0. The maximum atomic E-state index is 9.63. The maximum Gasteiger partial charge on any atom is 0.228 e. The molecule has 4 nitrogen and oxygen atoms in total. The largest absolute Gasteiger partial charge is 0.437 e. The van der Waals surface area contributed by atoms with E-state index in [-0.39, 0.29) is 33.8 Å². The number of hydrogen-bond acceptors (Lipinski definition) is 3. The van der Waals surface area contributed by atoms with Crippen molar-refractivity contribution < 1.29 is 24.1 Å². The third-order valence-corrected chi connectivity index (χ3v) is 5.05. The SMILES string of the molecule is [2H]c1c(C([2H])(C([2H])([2H])[2H])C([2H])([2H])[2H])c(C([2H])([2H])[2H])c(C)[n+](C)c1-c1c(C)ccc2c1oc1nccc(C#N)c12. The second kappa shape index (κ2) is 6.45. The lowest BCUT2D eigenvalue weighted by Crippen LogP contribution is -2.36. The lowest BCUT2D eigenvalue weighted by molar-refractivity contribution is -0.667. The van der Waals surface area contributed by atoms with Crippen molar-refractivity contribution in [2.24, 2.45) is 7.05 Å². The second-order valence-electron chi connectivity index (χ2n) is 6.63. The van der Waals surface area contributed by atoms with Gasteiger partial charge in [0.15, 0.2) is 11.3 Å². The van der Waals surface area contributed by atoms with Crippen LogP contribution in [0.5, 0.6) is 0 Å². The van der Waals surface area contributed by atoms with E-state index in [1.54, 1.807) is 19.1 Å². The predicted molar refractivity (Wildman–Crippen MR) is 111 cm³/mol. The molecule has 140 valence electrons. The molecule has 0 saturated carbocycles. The summed E-state index contributed by atoms with van der Waals surface area (Å²) in [4.78, 5) is 4.20. The van der Waals surface area contributed by atoms with Gasteiger partial charge in [-0.1, -0.05) is 25.8 Å². The predicted octanol–water partition coefficient (Wildman–Crippen LogP) is 5.39. The summed E-state index contributed by atoms with van der Waals surface area (Å²) in [5.41, 5.74) is -0.272. The van der Waals surface area contributed by atoms with Crippen molar-refractivity contribution in [1.82, 2.24) is 4.98 Å². The van der Waals surface area contributed by atoms with Crippen molar-refractivity contribution in [3.05, 3.63) is 58.4 Å². The number of aryl methyl sites for hydroxylation is 1. The minimum atomic E-state index is -3.52. The van der Waals surface area contributed by atoms with E-state index >= 15 is 0 Å². The molecule has 28 heavy (non-hydrogen) atoms. The van der Waals surface area contributed by atoms with E-state index in [2.05, 4.69) is 11.1 Å². The van der Waals surface area contributed by atoms with Crippen LogP contribution in [0.2, 0.25) is 0 Å². The van der Waals surface area contributed by atoms with Gasteiger partial charge in [0.2, 0.25) is 11.4 Å². The number of nitriles is 1. The number of hydrogen-bond donors (Lipinski definition) is 0. The summed E-state index contributed by atoms with van der Waals surface area (Å²) in [5, 5.41) is 10.5. The van der Waals surface area contributed by atoms with Crippen molar-refractivity contribution in [3.63, 3.8) is 0 Å². The Balaban J connectivity index is 2.31. The average molecular weight is 382 g/mol. The van der Waals surface area contributed by atoms with E-state index in [0.29, 0.717) is 16.3 Å². The number of fused-ring (bicyclic) bond motifs is 3. The van der Waals surface area contributed by atoms with Crippen LogP contribution in [0.4, 0.5) is 0 Å². The molecule has 0 spiro atoms. The average Bonchev–Trinajstić information content (AvgIpc) is 3.18. The fourth-order valence-electron chi connectivity index (χ4n) is 3.45.